The van der Waals surface area contributed by atoms with Crippen molar-refractivity contribution in [3.63, 3.8) is 0 Å². The molecule has 3 rings (SSSR count). The predicted octanol–water partition coefficient (Wildman–Crippen LogP) is 2.62. The van der Waals surface area contributed by atoms with Gasteiger partial charge in [-0.1, -0.05) is 18.2 Å². The molecule has 1 fully saturated rings. The van der Waals surface area contributed by atoms with Gasteiger partial charge in [0.05, 0.1) is 5.56 Å². The first-order valence-corrected chi connectivity index (χ1v) is 7.37. The molecule has 2 unspecified atom stereocenters. The Balaban J connectivity index is 1.65. The van der Waals surface area contributed by atoms with Crippen molar-refractivity contribution in [3.8, 4) is 0 Å². The van der Waals surface area contributed by atoms with E-state index in [1.165, 1.54) is 18.3 Å². The fourth-order valence-electron chi connectivity index (χ4n) is 2.89. The SMILES string of the molecule is CC1CC(NC(=O)c2ccc(F)nc2)CN1c1ccccc1. The molecule has 0 saturated carbocycles. The van der Waals surface area contributed by atoms with E-state index in [-0.39, 0.29) is 11.9 Å². The van der Waals surface area contributed by atoms with Crippen LogP contribution >= 0.6 is 0 Å². The van der Waals surface area contributed by atoms with Gasteiger partial charge in [-0.2, -0.15) is 4.39 Å². The number of amides is 1. The molecule has 0 spiro atoms. The summed E-state index contributed by atoms with van der Waals surface area (Å²) in [7, 11) is 0. The number of carbonyl (C=O) groups excluding carboxylic acids is 1. The molecule has 2 aromatic rings. The van der Waals surface area contributed by atoms with Crippen LogP contribution in [-0.4, -0.2) is 29.5 Å². The Hall–Kier alpha value is -2.43. The van der Waals surface area contributed by atoms with Gasteiger partial charge in [0.15, 0.2) is 0 Å². The van der Waals surface area contributed by atoms with Crippen LogP contribution < -0.4 is 10.2 Å². The highest BCUT2D eigenvalue weighted by atomic mass is 19.1. The number of pyridine rings is 1. The van der Waals surface area contributed by atoms with E-state index in [1.54, 1.807) is 0 Å². The maximum atomic E-state index is 12.8. The average Bonchev–Trinajstić information content (AvgIpc) is 2.89. The van der Waals surface area contributed by atoms with Crippen molar-refractivity contribution in [1.82, 2.24) is 10.3 Å². The lowest BCUT2D eigenvalue weighted by Gasteiger charge is -2.23. The van der Waals surface area contributed by atoms with Crippen LogP contribution in [0.3, 0.4) is 0 Å². The number of hydrogen-bond acceptors (Lipinski definition) is 3. The Morgan fingerprint density at radius 1 is 1.27 bits per heavy atom. The van der Waals surface area contributed by atoms with Crippen molar-refractivity contribution in [2.24, 2.45) is 0 Å². The number of carbonyl (C=O) groups is 1. The van der Waals surface area contributed by atoms with Crippen LogP contribution in [0.2, 0.25) is 0 Å². The Morgan fingerprint density at radius 2 is 2.05 bits per heavy atom. The molecule has 0 radical (unpaired) electrons. The van der Waals surface area contributed by atoms with Crippen molar-refractivity contribution in [2.45, 2.75) is 25.4 Å². The quantitative estimate of drug-likeness (QED) is 0.886. The molecule has 22 heavy (non-hydrogen) atoms. The summed E-state index contributed by atoms with van der Waals surface area (Å²) in [6, 6.07) is 13.2. The summed E-state index contributed by atoms with van der Waals surface area (Å²) in [5, 5.41) is 3.00. The van der Waals surface area contributed by atoms with Crippen molar-refractivity contribution in [1.29, 1.82) is 0 Å². The van der Waals surface area contributed by atoms with Gasteiger partial charge < -0.3 is 10.2 Å². The highest BCUT2D eigenvalue weighted by Gasteiger charge is 2.30. The second-order valence-corrected chi connectivity index (χ2v) is 5.61. The fraction of sp³-hybridized carbons (Fsp3) is 0.294. The lowest BCUT2D eigenvalue weighted by molar-refractivity contribution is 0.0939. The summed E-state index contributed by atoms with van der Waals surface area (Å²) in [5.74, 6) is -0.791. The van der Waals surface area contributed by atoms with E-state index in [0.717, 1.165) is 18.7 Å². The maximum Gasteiger partial charge on any atom is 0.253 e. The topological polar surface area (TPSA) is 45.2 Å². The number of halogens is 1. The minimum Gasteiger partial charge on any atom is -0.367 e. The highest BCUT2D eigenvalue weighted by Crippen LogP contribution is 2.25. The molecule has 5 heteroatoms. The molecule has 1 amide bonds. The molecule has 1 aliphatic heterocycles. The molecular formula is C17H18FN3O. The van der Waals surface area contributed by atoms with Crippen molar-refractivity contribution < 1.29 is 9.18 Å². The number of rotatable bonds is 3. The molecule has 1 N–H and O–H groups in total. The first-order valence-electron chi connectivity index (χ1n) is 7.37. The molecular weight excluding hydrogens is 281 g/mol. The summed E-state index contributed by atoms with van der Waals surface area (Å²) in [6.45, 7) is 2.92. The Morgan fingerprint density at radius 3 is 2.73 bits per heavy atom. The van der Waals surface area contributed by atoms with Crippen LogP contribution in [0.4, 0.5) is 10.1 Å². The fourth-order valence-corrected chi connectivity index (χ4v) is 2.89. The van der Waals surface area contributed by atoms with Crippen molar-refractivity contribution >= 4 is 11.6 Å². The molecule has 1 aromatic carbocycles. The number of benzene rings is 1. The van der Waals surface area contributed by atoms with E-state index in [4.69, 9.17) is 0 Å². The van der Waals surface area contributed by atoms with E-state index in [0.29, 0.717) is 11.6 Å². The van der Waals surface area contributed by atoms with Gasteiger partial charge in [0, 0.05) is 30.5 Å². The number of nitrogens with one attached hydrogen (secondary N) is 1. The zero-order valence-electron chi connectivity index (χ0n) is 12.4. The van der Waals surface area contributed by atoms with Gasteiger partial charge in [0.1, 0.15) is 0 Å². The molecule has 114 valence electrons. The zero-order valence-corrected chi connectivity index (χ0v) is 12.4. The Labute approximate surface area is 129 Å². The average molecular weight is 299 g/mol. The summed E-state index contributed by atoms with van der Waals surface area (Å²) >= 11 is 0. The van der Waals surface area contributed by atoms with Crippen LogP contribution in [0.15, 0.2) is 48.7 Å². The largest absolute Gasteiger partial charge is 0.367 e. The third-order valence-electron chi connectivity index (χ3n) is 3.99. The van der Waals surface area contributed by atoms with Crippen LogP contribution in [0, 0.1) is 5.95 Å². The number of nitrogens with zero attached hydrogens (tertiary/aromatic N) is 2. The standard InChI is InChI=1S/C17H18FN3O/c1-12-9-14(11-21(12)15-5-3-2-4-6-15)20-17(22)13-7-8-16(18)19-10-13/h2-8,10,12,14H,9,11H2,1H3,(H,20,22). The van der Waals surface area contributed by atoms with Gasteiger partial charge in [0.2, 0.25) is 5.95 Å². The van der Waals surface area contributed by atoms with Crippen LogP contribution in [0.1, 0.15) is 23.7 Å². The van der Waals surface area contributed by atoms with Crippen molar-refractivity contribution in [2.75, 3.05) is 11.4 Å². The third-order valence-corrected chi connectivity index (χ3v) is 3.99. The maximum absolute atomic E-state index is 12.8. The molecule has 2 atom stereocenters. The molecule has 1 aliphatic rings. The van der Waals surface area contributed by atoms with Gasteiger partial charge in [0.25, 0.3) is 5.91 Å². The third kappa shape index (κ3) is 3.08. The lowest BCUT2D eigenvalue weighted by atomic mass is 10.1. The van der Waals surface area contributed by atoms with Crippen LogP contribution in [0.5, 0.6) is 0 Å². The molecule has 0 aliphatic carbocycles. The second kappa shape index (κ2) is 6.13. The van der Waals surface area contributed by atoms with Gasteiger partial charge >= 0.3 is 0 Å². The molecule has 1 aromatic heterocycles. The van der Waals surface area contributed by atoms with Crippen LogP contribution in [0.25, 0.3) is 0 Å². The van der Waals surface area contributed by atoms with Gasteiger partial charge in [-0.3, -0.25) is 4.79 Å². The minimum atomic E-state index is -0.582. The Kier molecular flexibility index (Phi) is 4.04. The second-order valence-electron chi connectivity index (χ2n) is 5.61. The van der Waals surface area contributed by atoms with Gasteiger partial charge in [-0.05, 0) is 37.6 Å². The monoisotopic (exact) mass is 299 g/mol. The summed E-state index contributed by atoms with van der Waals surface area (Å²) in [4.78, 5) is 18.0. The first-order chi connectivity index (χ1) is 10.6. The van der Waals surface area contributed by atoms with E-state index >= 15 is 0 Å². The van der Waals surface area contributed by atoms with E-state index < -0.39 is 5.95 Å². The number of aromatic nitrogens is 1. The first kappa shape index (κ1) is 14.5. The smallest absolute Gasteiger partial charge is 0.253 e. The van der Waals surface area contributed by atoms with Gasteiger partial charge in [-0.25, -0.2) is 4.98 Å². The molecule has 2 heterocycles. The van der Waals surface area contributed by atoms with Crippen molar-refractivity contribution in [3.05, 3.63) is 60.2 Å². The van der Waals surface area contributed by atoms with E-state index in [2.05, 4.69) is 34.3 Å². The lowest BCUT2D eigenvalue weighted by Crippen LogP contribution is -2.37. The minimum absolute atomic E-state index is 0.0766. The van der Waals surface area contributed by atoms with E-state index in [9.17, 15) is 9.18 Å². The predicted molar refractivity (Wildman–Crippen MR) is 83.3 cm³/mol. The number of para-hydroxylation sites is 1. The summed E-state index contributed by atoms with van der Waals surface area (Å²) < 4.78 is 12.8. The summed E-state index contributed by atoms with van der Waals surface area (Å²) in [5.41, 5.74) is 1.54. The highest BCUT2D eigenvalue weighted by molar-refractivity contribution is 5.94. The number of anilines is 1. The number of hydrogen-bond donors (Lipinski definition) is 1. The van der Waals surface area contributed by atoms with Crippen LogP contribution in [-0.2, 0) is 0 Å². The normalized spacial score (nSPS) is 20.9. The zero-order chi connectivity index (χ0) is 15.5. The van der Waals surface area contributed by atoms with E-state index in [1.807, 2.05) is 18.2 Å². The summed E-state index contributed by atoms with van der Waals surface area (Å²) in [6.07, 6.45) is 2.15. The Bertz CT molecular complexity index is 645. The molecule has 1 saturated heterocycles. The molecule has 4 nitrogen and oxygen atoms in total. The van der Waals surface area contributed by atoms with Gasteiger partial charge in [-0.15, -0.1) is 0 Å². The molecule has 0 bridgehead atoms.